The molecule has 1 aliphatic heterocycles. The first-order valence-corrected chi connectivity index (χ1v) is 7.25. The van der Waals surface area contributed by atoms with E-state index < -0.39 is 17.8 Å². The first-order chi connectivity index (χ1) is 9.91. The maximum absolute atomic E-state index is 13.2. The number of rotatable bonds is 5. The summed E-state index contributed by atoms with van der Waals surface area (Å²) in [5, 5.41) is 12.5. The molecule has 1 aromatic carbocycles. The summed E-state index contributed by atoms with van der Waals surface area (Å²) < 4.78 is 39.6. The lowest BCUT2D eigenvalue weighted by atomic mass is 10.1. The van der Waals surface area contributed by atoms with Gasteiger partial charge >= 0.3 is 6.18 Å². The molecule has 6 heteroatoms. The number of hydrogen-bond donors (Lipinski definition) is 2. The molecule has 1 atom stereocenters. The number of benzene rings is 1. The SMILES string of the molecule is CCCNCc1ccc(N2CCC(O)C2)cc1C(F)(F)F. The molecule has 0 spiro atoms. The van der Waals surface area contributed by atoms with Crippen LogP contribution >= 0.6 is 0 Å². The zero-order chi connectivity index (χ0) is 15.5. The van der Waals surface area contributed by atoms with Crippen molar-refractivity contribution in [1.29, 1.82) is 0 Å². The molecule has 1 aromatic rings. The minimum Gasteiger partial charge on any atom is -0.391 e. The van der Waals surface area contributed by atoms with Crippen molar-refractivity contribution < 1.29 is 18.3 Å². The van der Waals surface area contributed by atoms with Crippen LogP contribution in [0.25, 0.3) is 0 Å². The highest BCUT2D eigenvalue weighted by molar-refractivity contribution is 5.52. The Kier molecular flexibility index (Phi) is 5.11. The van der Waals surface area contributed by atoms with E-state index in [1.807, 2.05) is 6.92 Å². The van der Waals surface area contributed by atoms with Gasteiger partial charge in [0.05, 0.1) is 11.7 Å². The van der Waals surface area contributed by atoms with Gasteiger partial charge in [-0.1, -0.05) is 13.0 Å². The summed E-state index contributed by atoms with van der Waals surface area (Å²) >= 11 is 0. The minimum atomic E-state index is -4.36. The normalized spacial score (nSPS) is 19.3. The number of nitrogens with zero attached hydrogens (tertiary/aromatic N) is 1. The van der Waals surface area contributed by atoms with E-state index >= 15 is 0 Å². The van der Waals surface area contributed by atoms with Crippen LogP contribution < -0.4 is 10.2 Å². The fraction of sp³-hybridized carbons (Fsp3) is 0.600. The van der Waals surface area contributed by atoms with Gasteiger partial charge < -0.3 is 15.3 Å². The average molecular weight is 302 g/mol. The van der Waals surface area contributed by atoms with Crippen LogP contribution in [0.1, 0.15) is 30.9 Å². The number of aliphatic hydroxyl groups is 1. The van der Waals surface area contributed by atoms with Crippen molar-refractivity contribution >= 4 is 5.69 Å². The molecule has 2 rings (SSSR count). The summed E-state index contributed by atoms with van der Waals surface area (Å²) in [5.74, 6) is 0. The molecule has 2 N–H and O–H groups in total. The molecule has 1 fully saturated rings. The number of β-amino-alcohol motifs (C(OH)–C–C–N with tert-alkyl or cyclic N) is 1. The fourth-order valence-electron chi connectivity index (χ4n) is 2.56. The molecule has 0 radical (unpaired) electrons. The molecule has 1 heterocycles. The maximum Gasteiger partial charge on any atom is 0.416 e. The Hall–Kier alpha value is -1.27. The molecule has 1 aliphatic rings. The lowest BCUT2D eigenvalue weighted by Crippen LogP contribution is -2.23. The number of aliphatic hydroxyl groups excluding tert-OH is 1. The minimum absolute atomic E-state index is 0.214. The van der Waals surface area contributed by atoms with E-state index in [0.29, 0.717) is 31.7 Å². The lowest BCUT2D eigenvalue weighted by molar-refractivity contribution is -0.138. The van der Waals surface area contributed by atoms with Crippen molar-refractivity contribution in [2.75, 3.05) is 24.5 Å². The van der Waals surface area contributed by atoms with Gasteiger partial charge in [0.1, 0.15) is 0 Å². The molecule has 1 unspecified atom stereocenters. The highest BCUT2D eigenvalue weighted by Gasteiger charge is 2.34. The second-order valence-electron chi connectivity index (χ2n) is 5.40. The number of hydrogen-bond acceptors (Lipinski definition) is 3. The van der Waals surface area contributed by atoms with Gasteiger partial charge in [-0.15, -0.1) is 0 Å². The number of anilines is 1. The average Bonchev–Trinajstić information content (AvgIpc) is 2.85. The van der Waals surface area contributed by atoms with E-state index in [0.717, 1.165) is 6.42 Å². The van der Waals surface area contributed by atoms with E-state index in [1.54, 1.807) is 11.0 Å². The first kappa shape index (κ1) is 16.1. The number of alkyl halides is 3. The van der Waals surface area contributed by atoms with Crippen molar-refractivity contribution in [3.8, 4) is 0 Å². The van der Waals surface area contributed by atoms with Gasteiger partial charge in [0.2, 0.25) is 0 Å². The summed E-state index contributed by atoms with van der Waals surface area (Å²) in [6.07, 6.45) is -3.34. The largest absolute Gasteiger partial charge is 0.416 e. The second kappa shape index (κ2) is 6.66. The third-order valence-corrected chi connectivity index (χ3v) is 3.67. The van der Waals surface area contributed by atoms with Gasteiger partial charge in [0.15, 0.2) is 0 Å². The molecule has 0 aromatic heterocycles. The van der Waals surface area contributed by atoms with Gasteiger partial charge in [0.25, 0.3) is 0 Å². The zero-order valence-electron chi connectivity index (χ0n) is 12.1. The van der Waals surface area contributed by atoms with E-state index in [-0.39, 0.29) is 12.1 Å². The molecule has 118 valence electrons. The van der Waals surface area contributed by atoms with Crippen LogP contribution in [0.15, 0.2) is 18.2 Å². The van der Waals surface area contributed by atoms with Gasteiger partial charge in [-0.25, -0.2) is 0 Å². The molecule has 0 saturated carbocycles. The Bertz CT molecular complexity index is 476. The summed E-state index contributed by atoms with van der Waals surface area (Å²) in [6.45, 7) is 3.86. The van der Waals surface area contributed by atoms with Crippen molar-refractivity contribution in [3.63, 3.8) is 0 Å². The molecule has 0 aliphatic carbocycles. The van der Waals surface area contributed by atoms with Crippen molar-refractivity contribution in [3.05, 3.63) is 29.3 Å². The Balaban J connectivity index is 2.22. The fourth-order valence-corrected chi connectivity index (χ4v) is 2.56. The van der Waals surface area contributed by atoms with Gasteiger partial charge in [0, 0.05) is 25.3 Å². The predicted octanol–water partition coefficient (Wildman–Crippen LogP) is 2.78. The maximum atomic E-state index is 13.2. The smallest absolute Gasteiger partial charge is 0.391 e. The van der Waals surface area contributed by atoms with Crippen LogP contribution in [-0.2, 0) is 12.7 Å². The van der Waals surface area contributed by atoms with Crippen LogP contribution in [0.3, 0.4) is 0 Å². The van der Waals surface area contributed by atoms with Crippen molar-refractivity contribution in [2.24, 2.45) is 0 Å². The lowest BCUT2D eigenvalue weighted by Gasteiger charge is -2.21. The van der Waals surface area contributed by atoms with E-state index in [2.05, 4.69) is 5.32 Å². The summed E-state index contributed by atoms with van der Waals surface area (Å²) in [6, 6.07) is 4.43. The summed E-state index contributed by atoms with van der Waals surface area (Å²) in [5.41, 5.74) is 0.197. The van der Waals surface area contributed by atoms with Crippen LogP contribution in [0.5, 0.6) is 0 Å². The zero-order valence-corrected chi connectivity index (χ0v) is 12.1. The monoisotopic (exact) mass is 302 g/mol. The van der Waals surface area contributed by atoms with E-state index in [1.165, 1.54) is 12.1 Å². The quantitative estimate of drug-likeness (QED) is 0.821. The highest BCUT2D eigenvalue weighted by atomic mass is 19.4. The molecule has 3 nitrogen and oxygen atoms in total. The first-order valence-electron chi connectivity index (χ1n) is 7.25. The Morgan fingerprint density at radius 1 is 1.38 bits per heavy atom. The van der Waals surface area contributed by atoms with E-state index in [9.17, 15) is 18.3 Å². The standard InChI is InChI=1S/C15H21F3N2O/c1-2-6-19-9-11-3-4-12(8-14(11)15(16,17)18)20-7-5-13(21)10-20/h3-4,8,13,19,21H,2,5-7,9-10H2,1H3. The summed E-state index contributed by atoms with van der Waals surface area (Å²) in [4.78, 5) is 1.79. The predicted molar refractivity (Wildman–Crippen MR) is 76.3 cm³/mol. The molecular weight excluding hydrogens is 281 g/mol. The van der Waals surface area contributed by atoms with Gasteiger partial charge in [-0.3, -0.25) is 0 Å². The molecule has 0 amide bonds. The van der Waals surface area contributed by atoms with Crippen LogP contribution in [-0.4, -0.2) is 30.8 Å². The third-order valence-electron chi connectivity index (χ3n) is 3.67. The second-order valence-corrected chi connectivity index (χ2v) is 5.40. The Labute approximate surface area is 122 Å². The van der Waals surface area contributed by atoms with Crippen LogP contribution in [0.4, 0.5) is 18.9 Å². The molecule has 21 heavy (non-hydrogen) atoms. The molecule has 1 saturated heterocycles. The van der Waals surface area contributed by atoms with Crippen LogP contribution in [0, 0.1) is 0 Å². The molecular formula is C15H21F3N2O. The van der Waals surface area contributed by atoms with Crippen molar-refractivity contribution in [1.82, 2.24) is 5.32 Å². The Morgan fingerprint density at radius 2 is 2.14 bits per heavy atom. The molecule has 0 bridgehead atoms. The van der Waals surface area contributed by atoms with Crippen LogP contribution in [0.2, 0.25) is 0 Å². The number of nitrogens with one attached hydrogen (secondary N) is 1. The Morgan fingerprint density at radius 3 is 2.71 bits per heavy atom. The number of halogens is 3. The van der Waals surface area contributed by atoms with E-state index in [4.69, 9.17) is 0 Å². The van der Waals surface area contributed by atoms with Crippen molar-refractivity contribution in [2.45, 2.75) is 38.6 Å². The van der Waals surface area contributed by atoms with Gasteiger partial charge in [-0.05, 0) is 37.1 Å². The third kappa shape index (κ3) is 4.11. The van der Waals surface area contributed by atoms with Gasteiger partial charge in [-0.2, -0.15) is 13.2 Å². The highest BCUT2D eigenvalue weighted by Crippen LogP contribution is 2.35. The topological polar surface area (TPSA) is 35.5 Å². The summed E-state index contributed by atoms with van der Waals surface area (Å²) in [7, 11) is 0.